The van der Waals surface area contributed by atoms with Gasteiger partial charge in [0, 0.05) is 11.8 Å². The zero-order valence-electron chi connectivity index (χ0n) is 15.3. The molecule has 1 aliphatic rings. The van der Waals surface area contributed by atoms with E-state index in [-0.39, 0.29) is 28.3 Å². The molecule has 0 fully saturated rings. The van der Waals surface area contributed by atoms with Crippen molar-refractivity contribution in [2.45, 2.75) is 0 Å². The van der Waals surface area contributed by atoms with E-state index in [9.17, 15) is 19.5 Å². The zero-order valence-corrected chi connectivity index (χ0v) is 15.3. The second-order valence-electron chi connectivity index (χ2n) is 5.59. The Labute approximate surface area is 163 Å². The number of hydrogen-bond donors (Lipinski definition) is 2. The van der Waals surface area contributed by atoms with E-state index in [1.807, 2.05) is 0 Å². The molecule has 2 N–H and O–H groups in total. The van der Waals surface area contributed by atoms with Crippen LogP contribution < -0.4 is 4.90 Å². The number of methoxy groups -OCH3 is 2. The summed E-state index contributed by atoms with van der Waals surface area (Å²) in [6.07, 6.45) is 5.85. The Morgan fingerprint density at radius 3 is 2.48 bits per heavy atom. The van der Waals surface area contributed by atoms with Gasteiger partial charge in [-0.05, 0) is 29.5 Å². The van der Waals surface area contributed by atoms with Crippen LogP contribution in [0.3, 0.4) is 0 Å². The van der Waals surface area contributed by atoms with Crippen LogP contribution in [0.1, 0.15) is 10.4 Å². The number of carboxylic acid groups (broad SMARTS) is 1. The first-order valence-corrected chi connectivity index (χ1v) is 8.14. The summed E-state index contributed by atoms with van der Waals surface area (Å²) in [5.41, 5.74) is 0.0759. The Morgan fingerprint density at radius 1 is 1.10 bits per heavy atom. The molecule has 1 aliphatic heterocycles. The fraction of sp³-hybridized carbons (Fsp3) is 0.111. The number of aromatic nitrogens is 4. The number of ether oxygens (including phenoxy) is 2. The molecule has 0 atom stereocenters. The quantitative estimate of drug-likeness (QED) is 0.701. The third kappa shape index (κ3) is 3.74. The first-order chi connectivity index (χ1) is 14.0. The average Bonchev–Trinajstić information content (AvgIpc) is 3.18. The number of carbonyl (C=O) groups is 3. The van der Waals surface area contributed by atoms with Crippen molar-refractivity contribution >= 4 is 23.6 Å². The topological polar surface area (TPSA) is 148 Å². The molecular formula is C18H15N5O6. The highest BCUT2D eigenvalue weighted by molar-refractivity contribution is 6.07. The molecule has 0 saturated carbocycles. The van der Waals surface area contributed by atoms with Gasteiger partial charge in [-0.15, -0.1) is 10.2 Å². The third-order valence-electron chi connectivity index (χ3n) is 3.98. The van der Waals surface area contributed by atoms with Crippen LogP contribution in [0.25, 0.3) is 11.4 Å². The van der Waals surface area contributed by atoms with Gasteiger partial charge in [-0.25, -0.2) is 14.4 Å². The van der Waals surface area contributed by atoms with Gasteiger partial charge in [0.15, 0.2) is 0 Å². The molecule has 1 aromatic heterocycles. The van der Waals surface area contributed by atoms with Crippen LogP contribution >= 0.6 is 0 Å². The molecule has 0 unspecified atom stereocenters. The normalized spacial score (nSPS) is 13.2. The van der Waals surface area contributed by atoms with Crippen LogP contribution in [0.15, 0.2) is 53.9 Å². The molecule has 0 spiro atoms. The van der Waals surface area contributed by atoms with E-state index in [1.54, 1.807) is 0 Å². The number of allylic oxidation sites excluding steroid dienone is 2. The Bertz CT molecular complexity index is 1050. The molecule has 0 amide bonds. The van der Waals surface area contributed by atoms with E-state index >= 15 is 0 Å². The summed E-state index contributed by atoms with van der Waals surface area (Å²) in [6.45, 7) is 0. The van der Waals surface area contributed by atoms with Gasteiger partial charge < -0.3 is 19.5 Å². The van der Waals surface area contributed by atoms with Gasteiger partial charge in [0.2, 0.25) is 5.82 Å². The van der Waals surface area contributed by atoms with Gasteiger partial charge in [0.05, 0.1) is 31.0 Å². The van der Waals surface area contributed by atoms with Crippen molar-refractivity contribution in [2.24, 2.45) is 0 Å². The number of H-pyrrole nitrogens is 1. The predicted molar refractivity (Wildman–Crippen MR) is 98.4 cm³/mol. The first kappa shape index (κ1) is 19.5. The number of benzene rings is 1. The molecule has 0 radical (unpaired) electrons. The highest BCUT2D eigenvalue weighted by atomic mass is 16.5. The van der Waals surface area contributed by atoms with E-state index in [0.29, 0.717) is 5.56 Å². The molecule has 1 aromatic carbocycles. The number of carboxylic acids is 1. The minimum Gasteiger partial charge on any atom is -0.478 e. The maximum absolute atomic E-state index is 12.5. The molecular weight excluding hydrogens is 382 g/mol. The average molecular weight is 397 g/mol. The highest BCUT2D eigenvalue weighted by Crippen LogP contribution is 2.32. The van der Waals surface area contributed by atoms with Crippen molar-refractivity contribution in [2.75, 3.05) is 19.1 Å². The Kier molecular flexibility index (Phi) is 5.49. The van der Waals surface area contributed by atoms with Gasteiger partial charge in [-0.1, -0.05) is 12.1 Å². The van der Waals surface area contributed by atoms with E-state index < -0.39 is 17.9 Å². The number of hydrogen-bond acceptors (Lipinski definition) is 9. The summed E-state index contributed by atoms with van der Waals surface area (Å²) in [7, 11) is 2.31. The number of carbonyl (C=O) groups excluding carboxylic acids is 2. The maximum atomic E-state index is 12.5. The summed E-state index contributed by atoms with van der Waals surface area (Å²) in [6, 6.07) is 4.30. The number of anilines is 1. The van der Waals surface area contributed by atoms with Crippen LogP contribution in [0.5, 0.6) is 0 Å². The smallest absolute Gasteiger partial charge is 0.355 e. The van der Waals surface area contributed by atoms with Crippen LogP contribution in [-0.2, 0) is 19.1 Å². The minimum absolute atomic E-state index is 0.0848. The number of aromatic carboxylic acids is 1. The third-order valence-corrected chi connectivity index (χ3v) is 3.98. The summed E-state index contributed by atoms with van der Waals surface area (Å²) >= 11 is 0. The molecule has 2 aromatic rings. The molecule has 0 saturated heterocycles. The second kappa shape index (κ2) is 8.17. The van der Waals surface area contributed by atoms with Crippen molar-refractivity contribution in [3.05, 3.63) is 59.5 Å². The SMILES string of the molecule is COC(=O)C1=C(C(=O)OC)N(c2cc(-c3nn[nH]n3)ccc2C(=O)O)C=CC=C1. The molecule has 2 heterocycles. The second-order valence-corrected chi connectivity index (χ2v) is 5.59. The fourth-order valence-electron chi connectivity index (χ4n) is 2.69. The van der Waals surface area contributed by atoms with E-state index in [2.05, 4.69) is 20.6 Å². The van der Waals surface area contributed by atoms with Crippen molar-refractivity contribution in [1.29, 1.82) is 0 Å². The maximum Gasteiger partial charge on any atom is 0.355 e. The number of nitrogens with zero attached hydrogens (tertiary/aromatic N) is 4. The minimum atomic E-state index is -1.24. The predicted octanol–water partition coefficient (Wildman–Crippen LogP) is 1.05. The van der Waals surface area contributed by atoms with Crippen molar-refractivity contribution in [1.82, 2.24) is 20.6 Å². The van der Waals surface area contributed by atoms with Gasteiger partial charge in [-0.2, -0.15) is 5.21 Å². The molecule has 11 heteroatoms. The number of esters is 2. The number of rotatable bonds is 5. The van der Waals surface area contributed by atoms with Crippen molar-refractivity contribution in [3.63, 3.8) is 0 Å². The van der Waals surface area contributed by atoms with Crippen LogP contribution in [0.2, 0.25) is 0 Å². The summed E-state index contributed by atoms with van der Waals surface area (Å²) < 4.78 is 9.58. The lowest BCUT2D eigenvalue weighted by atomic mass is 10.1. The van der Waals surface area contributed by atoms with E-state index in [4.69, 9.17) is 9.47 Å². The van der Waals surface area contributed by atoms with E-state index in [1.165, 1.54) is 54.6 Å². The Balaban J connectivity index is 2.28. The first-order valence-electron chi connectivity index (χ1n) is 8.14. The van der Waals surface area contributed by atoms with Gasteiger partial charge in [-0.3, -0.25) is 0 Å². The zero-order chi connectivity index (χ0) is 21.0. The van der Waals surface area contributed by atoms with Gasteiger partial charge in [0.25, 0.3) is 0 Å². The van der Waals surface area contributed by atoms with Crippen molar-refractivity contribution in [3.8, 4) is 11.4 Å². The molecule has 148 valence electrons. The van der Waals surface area contributed by atoms with E-state index in [0.717, 1.165) is 7.11 Å². The number of tetrazole rings is 1. The van der Waals surface area contributed by atoms with Gasteiger partial charge >= 0.3 is 17.9 Å². The highest BCUT2D eigenvalue weighted by Gasteiger charge is 2.30. The van der Waals surface area contributed by atoms with Crippen molar-refractivity contribution < 1.29 is 29.0 Å². The Hall–Kier alpha value is -4.28. The lowest BCUT2D eigenvalue weighted by molar-refractivity contribution is -0.139. The molecule has 0 bridgehead atoms. The summed E-state index contributed by atoms with van der Waals surface area (Å²) in [5.74, 6) is -2.67. The lowest BCUT2D eigenvalue weighted by Crippen LogP contribution is -2.28. The lowest BCUT2D eigenvalue weighted by Gasteiger charge is -2.24. The fourth-order valence-corrected chi connectivity index (χ4v) is 2.69. The largest absolute Gasteiger partial charge is 0.478 e. The number of nitrogens with one attached hydrogen (secondary N) is 1. The van der Waals surface area contributed by atoms with Crippen LogP contribution in [0.4, 0.5) is 5.69 Å². The molecule has 11 nitrogen and oxygen atoms in total. The van der Waals surface area contributed by atoms with Crippen LogP contribution in [-0.4, -0.2) is 57.9 Å². The molecule has 3 rings (SSSR count). The number of aromatic amines is 1. The summed E-state index contributed by atoms with van der Waals surface area (Å²) in [4.78, 5) is 37.9. The monoisotopic (exact) mass is 397 g/mol. The molecule has 29 heavy (non-hydrogen) atoms. The molecule has 0 aliphatic carbocycles. The summed E-state index contributed by atoms with van der Waals surface area (Å²) in [5, 5.41) is 23.2. The van der Waals surface area contributed by atoms with Gasteiger partial charge in [0.1, 0.15) is 5.70 Å². The Morgan fingerprint density at radius 2 is 1.86 bits per heavy atom. The van der Waals surface area contributed by atoms with Crippen LogP contribution in [0, 0.1) is 0 Å². The standard InChI is InChI=1S/C18H15N5O6/c1-28-17(26)12-5-3-4-8-23(14(12)18(27)29-2)13-9-10(15-19-21-22-20-15)6-7-11(13)16(24)25/h3-9H,1-2H3,(H,24,25)(H,19,20,21,22).